The Morgan fingerprint density at radius 1 is 1.53 bits per heavy atom. The highest BCUT2D eigenvalue weighted by Gasteiger charge is 2.12. The lowest BCUT2D eigenvalue weighted by atomic mass is 10.1. The van der Waals surface area contributed by atoms with E-state index in [1.807, 2.05) is 5.38 Å². The number of hydrogen-bond acceptors (Lipinski definition) is 4. The summed E-state index contributed by atoms with van der Waals surface area (Å²) in [4.78, 5) is 15.9. The molecule has 0 saturated heterocycles. The van der Waals surface area contributed by atoms with Gasteiger partial charge in [0.1, 0.15) is 5.75 Å². The number of hydrogen-bond donors (Lipinski definition) is 2. The topological polar surface area (TPSA) is 62.2 Å². The third-order valence-electron chi connectivity index (χ3n) is 2.40. The Bertz CT molecular complexity index is 523. The summed E-state index contributed by atoms with van der Waals surface area (Å²) >= 11 is 1.48. The van der Waals surface area contributed by atoms with Gasteiger partial charge in [-0.3, -0.25) is 4.79 Å². The zero-order chi connectivity index (χ0) is 12.3. The van der Waals surface area contributed by atoms with Crippen molar-refractivity contribution in [2.75, 3.05) is 0 Å². The first-order valence-electron chi connectivity index (χ1n) is 5.12. The highest BCUT2D eigenvalue weighted by Crippen LogP contribution is 2.21. The maximum absolute atomic E-state index is 11.8. The first-order valence-corrected chi connectivity index (χ1v) is 6.06. The van der Waals surface area contributed by atoms with Gasteiger partial charge in [-0.15, -0.1) is 11.3 Å². The maximum Gasteiger partial charge on any atom is 0.255 e. The first-order chi connectivity index (χ1) is 8.18. The highest BCUT2D eigenvalue weighted by atomic mass is 32.1. The van der Waals surface area contributed by atoms with Crippen LogP contribution in [0.5, 0.6) is 5.75 Å². The van der Waals surface area contributed by atoms with Crippen LogP contribution in [0.2, 0.25) is 0 Å². The van der Waals surface area contributed by atoms with E-state index in [0.29, 0.717) is 17.7 Å². The smallest absolute Gasteiger partial charge is 0.255 e. The molecule has 1 heterocycles. The lowest BCUT2D eigenvalue weighted by Gasteiger charge is -2.07. The van der Waals surface area contributed by atoms with Crippen LogP contribution in [-0.4, -0.2) is 16.0 Å². The molecule has 2 rings (SSSR count). The summed E-state index contributed by atoms with van der Waals surface area (Å²) in [5.41, 5.74) is 3.51. The van der Waals surface area contributed by atoms with Crippen molar-refractivity contribution >= 4 is 17.2 Å². The van der Waals surface area contributed by atoms with E-state index in [-0.39, 0.29) is 11.7 Å². The highest BCUT2D eigenvalue weighted by molar-refractivity contribution is 7.07. The third kappa shape index (κ3) is 2.62. The van der Waals surface area contributed by atoms with E-state index >= 15 is 0 Å². The molecule has 5 heteroatoms. The van der Waals surface area contributed by atoms with E-state index in [4.69, 9.17) is 0 Å². The zero-order valence-electron chi connectivity index (χ0n) is 9.30. The van der Waals surface area contributed by atoms with Gasteiger partial charge in [0, 0.05) is 5.38 Å². The second-order valence-electron chi connectivity index (χ2n) is 3.63. The molecule has 0 unspecified atom stereocenters. The SMILES string of the molecule is Cc1cccc(C(=O)NCc2cscn2)c1O. The van der Waals surface area contributed by atoms with Crippen molar-refractivity contribution in [3.63, 3.8) is 0 Å². The number of para-hydroxylation sites is 1. The van der Waals surface area contributed by atoms with Crippen molar-refractivity contribution in [3.05, 3.63) is 45.9 Å². The van der Waals surface area contributed by atoms with Crippen molar-refractivity contribution < 1.29 is 9.90 Å². The van der Waals surface area contributed by atoms with Crippen molar-refractivity contribution in [1.82, 2.24) is 10.3 Å². The lowest BCUT2D eigenvalue weighted by Crippen LogP contribution is -2.23. The number of carbonyl (C=O) groups is 1. The summed E-state index contributed by atoms with van der Waals surface area (Å²) in [7, 11) is 0. The number of benzene rings is 1. The molecule has 0 saturated carbocycles. The van der Waals surface area contributed by atoms with Gasteiger partial charge in [0.05, 0.1) is 23.3 Å². The number of aromatic hydroxyl groups is 1. The second kappa shape index (κ2) is 4.97. The molecule has 2 N–H and O–H groups in total. The Labute approximate surface area is 103 Å². The number of rotatable bonds is 3. The van der Waals surface area contributed by atoms with Crippen LogP contribution >= 0.6 is 11.3 Å². The van der Waals surface area contributed by atoms with E-state index in [2.05, 4.69) is 10.3 Å². The summed E-state index contributed by atoms with van der Waals surface area (Å²) in [6.07, 6.45) is 0. The van der Waals surface area contributed by atoms with Crippen molar-refractivity contribution in [2.24, 2.45) is 0 Å². The van der Waals surface area contributed by atoms with Crippen LogP contribution in [0.3, 0.4) is 0 Å². The minimum absolute atomic E-state index is 0.0308. The first kappa shape index (κ1) is 11.6. The Morgan fingerprint density at radius 2 is 2.35 bits per heavy atom. The number of carbonyl (C=O) groups excluding carboxylic acids is 1. The van der Waals surface area contributed by atoms with Crippen LogP contribution in [-0.2, 0) is 6.54 Å². The largest absolute Gasteiger partial charge is 0.507 e. The molecular weight excluding hydrogens is 236 g/mol. The van der Waals surface area contributed by atoms with Crippen molar-refractivity contribution in [1.29, 1.82) is 0 Å². The van der Waals surface area contributed by atoms with Gasteiger partial charge in [0.2, 0.25) is 0 Å². The van der Waals surface area contributed by atoms with Crippen LogP contribution in [0, 0.1) is 6.92 Å². The maximum atomic E-state index is 11.8. The predicted octanol–water partition coefficient (Wildman–Crippen LogP) is 2.09. The molecule has 1 aromatic carbocycles. The number of aromatic nitrogens is 1. The number of phenols is 1. The van der Waals surface area contributed by atoms with Crippen LogP contribution in [0.25, 0.3) is 0 Å². The van der Waals surface area contributed by atoms with Gasteiger partial charge in [-0.2, -0.15) is 0 Å². The number of aryl methyl sites for hydroxylation is 1. The van der Waals surface area contributed by atoms with E-state index < -0.39 is 0 Å². The van der Waals surface area contributed by atoms with E-state index in [9.17, 15) is 9.90 Å². The van der Waals surface area contributed by atoms with Gasteiger partial charge in [0.25, 0.3) is 5.91 Å². The monoisotopic (exact) mass is 248 g/mol. The summed E-state index contributed by atoms with van der Waals surface area (Å²) in [6.45, 7) is 2.13. The fourth-order valence-electron chi connectivity index (χ4n) is 1.43. The minimum atomic E-state index is -0.292. The van der Waals surface area contributed by atoms with E-state index in [1.165, 1.54) is 11.3 Å². The van der Waals surface area contributed by atoms with Gasteiger partial charge >= 0.3 is 0 Å². The van der Waals surface area contributed by atoms with Crippen molar-refractivity contribution in [2.45, 2.75) is 13.5 Å². The molecule has 4 nitrogen and oxygen atoms in total. The standard InChI is InChI=1S/C12H12N2O2S/c1-8-3-2-4-10(11(8)15)12(16)13-5-9-6-17-7-14-9/h2-4,6-7,15H,5H2,1H3,(H,13,16). The average Bonchev–Trinajstić information content (AvgIpc) is 2.82. The summed E-state index contributed by atoms with van der Waals surface area (Å²) in [5.74, 6) is -0.262. The number of thiazole rings is 1. The van der Waals surface area contributed by atoms with Crippen LogP contribution in [0.4, 0.5) is 0 Å². The molecule has 0 fully saturated rings. The molecule has 0 aliphatic carbocycles. The normalized spacial score (nSPS) is 10.2. The number of nitrogens with zero attached hydrogens (tertiary/aromatic N) is 1. The molecular formula is C12H12N2O2S. The van der Waals surface area contributed by atoms with Gasteiger partial charge < -0.3 is 10.4 Å². The second-order valence-corrected chi connectivity index (χ2v) is 4.35. The van der Waals surface area contributed by atoms with Gasteiger partial charge in [-0.1, -0.05) is 12.1 Å². The molecule has 0 aliphatic rings. The molecule has 0 radical (unpaired) electrons. The molecule has 0 bridgehead atoms. The van der Waals surface area contributed by atoms with Gasteiger partial charge in [-0.05, 0) is 18.6 Å². The quantitative estimate of drug-likeness (QED) is 0.874. The number of phenolic OH excluding ortho intramolecular Hbond substituents is 1. The molecule has 88 valence electrons. The molecule has 0 atom stereocenters. The summed E-state index contributed by atoms with van der Waals surface area (Å²) in [5, 5.41) is 14.3. The van der Waals surface area contributed by atoms with Crippen LogP contribution in [0.1, 0.15) is 21.6 Å². The average molecular weight is 248 g/mol. The predicted molar refractivity (Wildman–Crippen MR) is 66.1 cm³/mol. The Morgan fingerprint density at radius 3 is 3.06 bits per heavy atom. The third-order valence-corrected chi connectivity index (χ3v) is 3.03. The molecule has 2 aromatic rings. The van der Waals surface area contributed by atoms with E-state index in [0.717, 1.165) is 5.69 Å². The molecule has 1 amide bonds. The molecule has 17 heavy (non-hydrogen) atoms. The summed E-state index contributed by atoms with van der Waals surface area (Å²) < 4.78 is 0. The van der Waals surface area contributed by atoms with Gasteiger partial charge in [0.15, 0.2) is 0 Å². The van der Waals surface area contributed by atoms with E-state index in [1.54, 1.807) is 30.6 Å². The fourth-order valence-corrected chi connectivity index (χ4v) is 1.99. The zero-order valence-corrected chi connectivity index (χ0v) is 10.1. The van der Waals surface area contributed by atoms with Crippen molar-refractivity contribution in [3.8, 4) is 5.75 Å². The van der Waals surface area contributed by atoms with Crippen LogP contribution in [0.15, 0.2) is 29.1 Å². The summed E-state index contributed by atoms with van der Waals surface area (Å²) in [6, 6.07) is 5.10. The lowest BCUT2D eigenvalue weighted by molar-refractivity contribution is 0.0947. The Balaban J connectivity index is 2.07. The minimum Gasteiger partial charge on any atom is -0.507 e. The van der Waals surface area contributed by atoms with Gasteiger partial charge in [-0.25, -0.2) is 4.98 Å². The van der Waals surface area contributed by atoms with Crippen LogP contribution < -0.4 is 5.32 Å². The molecule has 0 spiro atoms. The fraction of sp³-hybridized carbons (Fsp3) is 0.167. The molecule has 0 aliphatic heterocycles. The Kier molecular flexibility index (Phi) is 3.39. The molecule has 1 aromatic heterocycles. The Hall–Kier alpha value is -1.88. The number of amides is 1. The number of nitrogens with one attached hydrogen (secondary N) is 1.